The Morgan fingerprint density at radius 3 is 3.05 bits per heavy atom. The quantitative estimate of drug-likeness (QED) is 0.839. The third kappa shape index (κ3) is 2.12. The van der Waals surface area contributed by atoms with Crippen molar-refractivity contribution in [1.82, 2.24) is 10.2 Å². The molecule has 2 N–H and O–H groups in total. The van der Waals surface area contributed by atoms with Gasteiger partial charge in [-0.1, -0.05) is 0 Å². The van der Waals surface area contributed by atoms with Gasteiger partial charge in [-0.05, 0) is 12.5 Å². The summed E-state index contributed by atoms with van der Waals surface area (Å²) < 4.78 is 32.2. The first-order valence-electron chi connectivity index (χ1n) is 6.09. The first kappa shape index (κ1) is 12.2. The molecule has 0 bridgehead atoms. The van der Waals surface area contributed by atoms with E-state index in [9.17, 15) is 13.9 Å². The minimum absolute atomic E-state index is 0.0397. The number of nitrogens with zero attached hydrogens (tertiary/aromatic N) is 1. The van der Waals surface area contributed by atoms with E-state index in [1.807, 2.05) is 4.90 Å². The summed E-state index contributed by atoms with van der Waals surface area (Å²) in [6.45, 7) is 0.805. The molecule has 19 heavy (non-hydrogen) atoms. The number of aliphatic hydroxyl groups is 1. The second kappa shape index (κ2) is 4.70. The minimum atomic E-state index is -0.661. The Hall–Kier alpha value is -1.82. The summed E-state index contributed by atoms with van der Waals surface area (Å²) >= 11 is 0. The van der Waals surface area contributed by atoms with Crippen molar-refractivity contribution in [2.45, 2.75) is 12.5 Å². The maximum Gasteiger partial charge on any atom is 0.168 e. The van der Waals surface area contributed by atoms with Crippen LogP contribution in [-0.2, 0) is 6.42 Å². The minimum Gasteiger partial charge on any atom is -0.488 e. The van der Waals surface area contributed by atoms with Crippen LogP contribution < -0.4 is 10.1 Å². The molecule has 1 atom stereocenters. The Morgan fingerprint density at radius 1 is 1.42 bits per heavy atom. The summed E-state index contributed by atoms with van der Waals surface area (Å²) in [5.41, 5.74) is 1.28. The van der Waals surface area contributed by atoms with Gasteiger partial charge in [-0.25, -0.2) is 8.78 Å². The summed E-state index contributed by atoms with van der Waals surface area (Å²) in [6.07, 6.45) is 2.23. The molecular weight excluding hydrogens is 254 g/mol. The molecule has 0 aliphatic carbocycles. The highest BCUT2D eigenvalue weighted by molar-refractivity contribution is 5.38. The molecule has 4 nitrogen and oxygen atoms in total. The van der Waals surface area contributed by atoms with E-state index in [-0.39, 0.29) is 18.4 Å². The fourth-order valence-corrected chi connectivity index (χ4v) is 2.57. The van der Waals surface area contributed by atoms with Crippen LogP contribution in [0.5, 0.6) is 5.75 Å². The molecule has 2 aliphatic rings. The molecule has 0 unspecified atom stereocenters. The lowest BCUT2D eigenvalue weighted by molar-refractivity contribution is 0.136. The monoisotopic (exact) mass is 268 g/mol. The topological polar surface area (TPSA) is 44.7 Å². The zero-order valence-electron chi connectivity index (χ0n) is 10.2. The van der Waals surface area contributed by atoms with Crippen molar-refractivity contribution < 1.29 is 18.6 Å². The smallest absolute Gasteiger partial charge is 0.168 e. The van der Waals surface area contributed by atoms with E-state index < -0.39 is 11.6 Å². The van der Waals surface area contributed by atoms with Gasteiger partial charge in [0.05, 0.1) is 25.0 Å². The number of fused-ring (bicyclic) bond motifs is 1. The third-order valence-electron chi connectivity index (χ3n) is 3.46. The van der Waals surface area contributed by atoms with Crippen LogP contribution in [-0.4, -0.2) is 35.9 Å². The average Bonchev–Trinajstić information content (AvgIpc) is 2.86. The van der Waals surface area contributed by atoms with Crippen LogP contribution in [0.15, 0.2) is 24.0 Å². The number of rotatable bonds is 2. The van der Waals surface area contributed by atoms with Crippen molar-refractivity contribution in [3.05, 3.63) is 41.2 Å². The van der Waals surface area contributed by atoms with Crippen molar-refractivity contribution in [2.75, 3.05) is 19.9 Å². The zero-order chi connectivity index (χ0) is 13.4. The Bertz CT molecular complexity index is 534. The molecule has 1 aromatic carbocycles. The van der Waals surface area contributed by atoms with Gasteiger partial charge in [0.1, 0.15) is 12.4 Å². The molecular formula is C13H14F2N2O2. The number of hydrogen-bond acceptors (Lipinski definition) is 4. The van der Waals surface area contributed by atoms with E-state index >= 15 is 0 Å². The first-order valence-corrected chi connectivity index (χ1v) is 6.09. The summed E-state index contributed by atoms with van der Waals surface area (Å²) in [5, 5.41) is 12.3. The normalized spacial score (nSPS) is 21.5. The second-order valence-electron chi connectivity index (χ2n) is 4.67. The molecule has 6 heteroatoms. The predicted octanol–water partition coefficient (Wildman–Crippen LogP) is 0.965. The van der Waals surface area contributed by atoms with Gasteiger partial charge >= 0.3 is 0 Å². The summed E-state index contributed by atoms with van der Waals surface area (Å²) in [5.74, 6) is -1.12. The Labute approximate surface area is 109 Å². The number of hydrogen-bond donors (Lipinski definition) is 2. The molecule has 3 rings (SSSR count). The van der Waals surface area contributed by atoms with E-state index in [0.717, 1.165) is 11.8 Å². The molecule has 2 aliphatic heterocycles. The Balaban J connectivity index is 1.84. The average molecular weight is 268 g/mol. The van der Waals surface area contributed by atoms with Crippen LogP contribution in [0.4, 0.5) is 8.78 Å². The molecule has 0 saturated carbocycles. The maximum absolute atomic E-state index is 13.5. The summed E-state index contributed by atoms with van der Waals surface area (Å²) in [7, 11) is 0. The van der Waals surface area contributed by atoms with Crippen LogP contribution in [0.3, 0.4) is 0 Å². The highest BCUT2D eigenvalue weighted by Crippen LogP contribution is 2.31. The summed E-state index contributed by atoms with van der Waals surface area (Å²) in [6, 6.07) is 2.09. The lowest BCUT2D eigenvalue weighted by Crippen LogP contribution is -2.43. The fraction of sp³-hybridized carbons (Fsp3) is 0.385. The standard InChI is InChI=1S/C13H14F2N2O2/c14-9-1-8-2-10(6-19-13(8)12(15)3-9)17-7-16-4-11(17)5-18/h1,3-4,10,16,18H,2,5-7H2/t10-/m1/s1. The highest BCUT2D eigenvalue weighted by Gasteiger charge is 2.30. The number of halogens is 2. The van der Waals surface area contributed by atoms with Crippen LogP contribution in [0.1, 0.15) is 5.56 Å². The van der Waals surface area contributed by atoms with Gasteiger partial charge in [0.2, 0.25) is 0 Å². The largest absolute Gasteiger partial charge is 0.488 e. The number of nitrogens with one attached hydrogen (secondary N) is 1. The Kier molecular flexibility index (Phi) is 3.02. The third-order valence-corrected chi connectivity index (χ3v) is 3.46. The van der Waals surface area contributed by atoms with Gasteiger partial charge in [-0.2, -0.15) is 0 Å². The molecule has 0 aromatic heterocycles. The van der Waals surface area contributed by atoms with E-state index in [2.05, 4.69) is 5.32 Å². The van der Waals surface area contributed by atoms with Crippen molar-refractivity contribution in [1.29, 1.82) is 0 Å². The fourth-order valence-electron chi connectivity index (χ4n) is 2.57. The van der Waals surface area contributed by atoms with Crippen molar-refractivity contribution in [3.63, 3.8) is 0 Å². The SMILES string of the molecule is OCC1=CNCN1[C@H]1COc2c(F)cc(F)cc2C1. The van der Waals surface area contributed by atoms with E-state index in [1.54, 1.807) is 6.20 Å². The zero-order valence-corrected chi connectivity index (χ0v) is 10.2. The summed E-state index contributed by atoms with van der Waals surface area (Å²) in [4.78, 5) is 1.95. The van der Waals surface area contributed by atoms with Crippen LogP contribution >= 0.6 is 0 Å². The first-order chi connectivity index (χ1) is 9.19. The van der Waals surface area contributed by atoms with Gasteiger partial charge in [-0.15, -0.1) is 0 Å². The molecule has 0 spiro atoms. The van der Waals surface area contributed by atoms with Gasteiger partial charge in [0.15, 0.2) is 11.6 Å². The number of aliphatic hydroxyl groups excluding tert-OH is 1. The van der Waals surface area contributed by atoms with Gasteiger partial charge < -0.3 is 20.1 Å². The van der Waals surface area contributed by atoms with Gasteiger partial charge in [0, 0.05) is 17.8 Å². The molecule has 1 aromatic rings. The molecule has 0 saturated heterocycles. The van der Waals surface area contributed by atoms with E-state index in [1.165, 1.54) is 6.07 Å². The number of benzene rings is 1. The van der Waals surface area contributed by atoms with E-state index in [0.29, 0.717) is 25.3 Å². The highest BCUT2D eigenvalue weighted by atomic mass is 19.1. The lowest BCUT2D eigenvalue weighted by atomic mass is 10.0. The van der Waals surface area contributed by atoms with Crippen molar-refractivity contribution >= 4 is 0 Å². The lowest BCUT2D eigenvalue weighted by Gasteiger charge is -2.34. The second-order valence-corrected chi connectivity index (χ2v) is 4.67. The molecule has 0 radical (unpaired) electrons. The molecule has 0 fully saturated rings. The molecule has 0 amide bonds. The molecule has 102 valence electrons. The van der Waals surface area contributed by atoms with E-state index in [4.69, 9.17) is 4.74 Å². The van der Waals surface area contributed by atoms with Crippen molar-refractivity contribution in [3.8, 4) is 5.75 Å². The van der Waals surface area contributed by atoms with Gasteiger partial charge in [0.25, 0.3) is 0 Å². The predicted molar refractivity (Wildman–Crippen MR) is 64.4 cm³/mol. The van der Waals surface area contributed by atoms with Crippen LogP contribution in [0.2, 0.25) is 0 Å². The maximum atomic E-state index is 13.5. The van der Waals surface area contributed by atoms with Crippen LogP contribution in [0, 0.1) is 11.6 Å². The molecule has 2 heterocycles. The Morgan fingerprint density at radius 2 is 2.26 bits per heavy atom. The number of ether oxygens (including phenoxy) is 1. The van der Waals surface area contributed by atoms with Crippen LogP contribution in [0.25, 0.3) is 0 Å². The van der Waals surface area contributed by atoms with Crippen molar-refractivity contribution in [2.24, 2.45) is 0 Å². The van der Waals surface area contributed by atoms with Gasteiger partial charge in [-0.3, -0.25) is 0 Å².